The van der Waals surface area contributed by atoms with Gasteiger partial charge in [0.05, 0.1) is 26.4 Å². The van der Waals surface area contributed by atoms with Crippen molar-refractivity contribution in [1.29, 1.82) is 0 Å². The van der Waals surface area contributed by atoms with Crippen LogP contribution in [0.5, 0.6) is 0 Å². The zero-order valence-electron chi connectivity index (χ0n) is 61.4. The number of allylic oxidation sites excluding steroid dienone is 18. The molecule has 5 atom stereocenters. The van der Waals surface area contributed by atoms with Gasteiger partial charge in [-0.1, -0.05) is 265 Å². The fourth-order valence-electron chi connectivity index (χ4n) is 9.96. The highest BCUT2D eigenvalue weighted by molar-refractivity contribution is 7.47. The third-order valence-electron chi connectivity index (χ3n) is 15.7. The number of esters is 4. The highest BCUT2D eigenvalue weighted by Gasteiger charge is 2.30. The summed E-state index contributed by atoms with van der Waals surface area (Å²) < 4.78 is 68.4. The average Bonchev–Trinajstić information content (AvgIpc) is 0.986. The number of carbonyl (C=O) groups excluding carboxylic acids is 4. The first-order valence-electron chi connectivity index (χ1n) is 38.1. The molecule has 0 aromatic heterocycles. The highest BCUT2D eigenvalue weighted by atomic mass is 31.2. The largest absolute Gasteiger partial charge is 0.472 e. The van der Waals surface area contributed by atoms with Crippen molar-refractivity contribution in [2.45, 2.75) is 329 Å². The Balaban J connectivity index is 5.38. The summed E-state index contributed by atoms with van der Waals surface area (Å²) in [6, 6.07) is 0. The van der Waals surface area contributed by atoms with Gasteiger partial charge in [0, 0.05) is 25.7 Å². The van der Waals surface area contributed by atoms with Crippen LogP contribution in [0.4, 0.5) is 0 Å². The number of unbranched alkanes of at least 4 members (excludes halogenated alkanes) is 27. The van der Waals surface area contributed by atoms with Crippen molar-refractivity contribution in [1.82, 2.24) is 0 Å². The van der Waals surface area contributed by atoms with Crippen LogP contribution >= 0.6 is 15.6 Å². The highest BCUT2D eigenvalue weighted by Crippen LogP contribution is 2.45. The lowest BCUT2D eigenvalue weighted by Gasteiger charge is -2.21. The molecule has 0 rings (SSSR count). The monoisotopic (exact) mass is 1420 g/mol. The molecule has 19 heteroatoms. The first-order chi connectivity index (χ1) is 47.7. The van der Waals surface area contributed by atoms with Crippen LogP contribution in [0.15, 0.2) is 109 Å². The van der Waals surface area contributed by atoms with Gasteiger partial charge in [0.2, 0.25) is 0 Å². The molecule has 0 fully saturated rings. The molecule has 0 amide bonds. The summed E-state index contributed by atoms with van der Waals surface area (Å²) in [6.07, 6.45) is 75.1. The van der Waals surface area contributed by atoms with Crippen molar-refractivity contribution in [2.75, 3.05) is 39.6 Å². The molecule has 0 aliphatic rings. The Hall–Kier alpha value is -4.28. The lowest BCUT2D eigenvalue weighted by atomic mass is 10.1. The summed E-state index contributed by atoms with van der Waals surface area (Å²) in [5, 5.41) is 10.6. The van der Waals surface area contributed by atoms with E-state index in [1.165, 1.54) is 77.0 Å². The maximum Gasteiger partial charge on any atom is 0.472 e. The van der Waals surface area contributed by atoms with Gasteiger partial charge in [0.15, 0.2) is 12.2 Å². The Labute approximate surface area is 594 Å². The van der Waals surface area contributed by atoms with Crippen LogP contribution in [-0.4, -0.2) is 96.7 Å². The predicted molar refractivity (Wildman–Crippen MR) is 399 cm³/mol. The van der Waals surface area contributed by atoms with E-state index in [2.05, 4.69) is 137 Å². The SMILES string of the molecule is CC/C=C\C/C=C\C/C=C\C/C=C\CCCCCCC(=O)OCC(COP(=O)(O)OCC(O)COP(=O)(O)OCC(COC(=O)CCCC/C=C\C/C=C\C/C=C\C/C=C\CC)OC(=O)CCCCCCCCCCCCC)OC(=O)CCCCCCC/C=C\CCCCCCCC. The molecule has 3 N–H and O–H groups in total. The number of rotatable bonds is 71. The summed E-state index contributed by atoms with van der Waals surface area (Å²) in [5.74, 6) is -2.25. The first kappa shape index (κ1) is 93.7. The Morgan fingerprint density at radius 2 is 0.531 bits per heavy atom. The van der Waals surface area contributed by atoms with Crippen LogP contribution in [0.2, 0.25) is 0 Å². The molecule has 98 heavy (non-hydrogen) atoms. The Morgan fingerprint density at radius 3 is 0.847 bits per heavy atom. The topological polar surface area (TPSA) is 237 Å². The third kappa shape index (κ3) is 70.2. The fraction of sp³-hybridized carbons (Fsp3) is 0.722. The van der Waals surface area contributed by atoms with E-state index >= 15 is 0 Å². The van der Waals surface area contributed by atoms with Crippen molar-refractivity contribution in [2.24, 2.45) is 0 Å². The van der Waals surface area contributed by atoms with Gasteiger partial charge in [-0.25, -0.2) is 9.13 Å². The number of phosphoric ester groups is 2. The smallest absolute Gasteiger partial charge is 0.462 e. The van der Waals surface area contributed by atoms with E-state index in [1.807, 2.05) is 0 Å². The molecular formula is C79H136O17P2. The molecule has 0 aromatic rings. The fourth-order valence-corrected chi connectivity index (χ4v) is 11.5. The zero-order chi connectivity index (χ0) is 71.8. The molecule has 0 aliphatic heterocycles. The van der Waals surface area contributed by atoms with Crippen LogP contribution < -0.4 is 0 Å². The zero-order valence-corrected chi connectivity index (χ0v) is 63.2. The van der Waals surface area contributed by atoms with Crippen molar-refractivity contribution >= 4 is 39.5 Å². The lowest BCUT2D eigenvalue weighted by molar-refractivity contribution is -0.161. The summed E-state index contributed by atoms with van der Waals surface area (Å²) >= 11 is 0. The standard InChI is InChI=1S/C79H136O17P2/c1-5-9-13-17-21-25-29-32-35-36-39-41-45-48-52-56-60-64-77(82)90-70-75(96-79(84)66-62-58-54-50-46-42-38-34-31-27-23-19-15-11-7-3)72-94-98(87,88)92-68-73(80)67-91-97(85,86)93-71-74(95-78(83)65-61-57-53-49-43-28-24-20-16-12-8-4)69-89-76(81)63-59-55-51-47-44-40-37-33-30-26-22-18-14-10-6-2/h9-10,13-14,21-22,25-26,32-35,37-39,41,44,47,73-75,80H,5-8,11-12,15-20,23-24,27-31,36,40,42-43,45-46,48-72H2,1-4H3,(H,85,86)(H,87,88)/b13-9-,14-10-,25-21-,26-22-,35-32-,37-33-,38-34-,41-39-,47-44-. The van der Waals surface area contributed by atoms with E-state index in [9.17, 15) is 43.2 Å². The maximum atomic E-state index is 13.1. The van der Waals surface area contributed by atoms with Crippen molar-refractivity contribution in [3.05, 3.63) is 109 Å². The summed E-state index contributed by atoms with van der Waals surface area (Å²) in [5.41, 5.74) is 0. The second-order valence-corrected chi connectivity index (χ2v) is 28.1. The molecule has 0 radical (unpaired) electrons. The van der Waals surface area contributed by atoms with E-state index in [0.717, 1.165) is 154 Å². The number of ether oxygens (including phenoxy) is 4. The lowest BCUT2D eigenvalue weighted by Crippen LogP contribution is -2.30. The van der Waals surface area contributed by atoms with Gasteiger partial charge >= 0.3 is 39.5 Å². The van der Waals surface area contributed by atoms with Crippen LogP contribution in [0.25, 0.3) is 0 Å². The molecular weight excluding hydrogens is 1280 g/mol. The second-order valence-electron chi connectivity index (χ2n) is 25.2. The molecule has 564 valence electrons. The number of hydrogen-bond acceptors (Lipinski definition) is 15. The average molecular weight is 1420 g/mol. The Kier molecular flexibility index (Phi) is 68.0. The molecule has 17 nitrogen and oxygen atoms in total. The van der Waals surface area contributed by atoms with E-state index < -0.39 is 97.5 Å². The van der Waals surface area contributed by atoms with Gasteiger partial charge in [-0.05, 0) is 128 Å². The van der Waals surface area contributed by atoms with E-state index in [0.29, 0.717) is 25.7 Å². The molecule has 0 saturated carbocycles. The molecule has 0 spiro atoms. The number of hydrogen-bond donors (Lipinski definition) is 3. The molecule has 5 unspecified atom stereocenters. The van der Waals surface area contributed by atoms with Crippen molar-refractivity contribution < 1.29 is 80.2 Å². The molecule has 0 bridgehead atoms. The normalized spacial score (nSPS) is 14.6. The minimum atomic E-state index is -4.98. The van der Waals surface area contributed by atoms with Gasteiger partial charge in [-0.3, -0.25) is 37.3 Å². The Bertz CT molecular complexity index is 2290. The van der Waals surface area contributed by atoms with Gasteiger partial charge in [0.25, 0.3) is 0 Å². The summed E-state index contributed by atoms with van der Waals surface area (Å²) in [7, 11) is -9.96. The van der Waals surface area contributed by atoms with Gasteiger partial charge < -0.3 is 33.8 Å². The minimum absolute atomic E-state index is 0.0781. The molecule has 0 heterocycles. The summed E-state index contributed by atoms with van der Waals surface area (Å²) in [6.45, 7) is 4.56. The number of aliphatic hydroxyl groups is 1. The third-order valence-corrected chi connectivity index (χ3v) is 17.6. The quantitative estimate of drug-likeness (QED) is 0.0169. The first-order valence-corrected chi connectivity index (χ1v) is 41.1. The van der Waals surface area contributed by atoms with Crippen LogP contribution in [-0.2, 0) is 65.4 Å². The van der Waals surface area contributed by atoms with E-state index in [1.54, 1.807) is 0 Å². The van der Waals surface area contributed by atoms with Crippen molar-refractivity contribution in [3.63, 3.8) is 0 Å². The molecule has 0 saturated heterocycles. The van der Waals surface area contributed by atoms with Crippen molar-refractivity contribution in [3.8, 4) is 0 Å². The summed E-state index contributed by atoms with van der Waals surface area (Å²) in [4.78, 5) is 72.8. The number of phosphoric acid groups is 2. The number of carbonyl (C=O) groups is 4. The molecule has 0 aromatic carbocycles. The number of aliphatic hydroxyl groups excluding tert-OH is 1. The minimum Gasteiger partial charge on any atom is -0.462 e. The van der Waals surface area contributed by atoms with Crippen LogP contribution in [0.3, 0.4) is 0 Å². The predicted octanol–water partition coefficient (Wildman–Crippen LogP) is 21.8. The Morgan fingerprint density at radius 1 is 0.296 bits per heavy atom. The van der Waals surface area contributed by atoms with E-state index in [-0.39, 0.29) is 25.7 Å². The maximum absolute atomic E-state index is 13.1. The van der Waals surface area contributed by atoms with E-state index in [4.69, 9.17) is 37.0 Å². The second kappa shape index (κ2) is 71.1. The van der Waals surface area contributed by atoms with Gasteiger partial charge in [0.1, 0.15) is 19.3 Å². The van der Waals surface area contributed by atoms with Gasteiger partial charge in [-0.15, -0.1) is 0 Å². The van der Waals surface area contributed by atoms with Gasteiger partial charge in [-0.2, -0.15) is 0 Å². The van der Waals surface area contributed by atoms with Crippen LogP contribution in [0, 0.1) is 0 Å². The molecule has 0 aliphatic carbocycles. The van der Waals surface area contributed by atoms with Crippen LogP contribution in [0.1, 0.15) is 310 Å².